The van der Waals surface area contributed by atoms with E-state index in [0.29, 0.717) is 35.8 Å². The first-order chi connectivity index (χ1) is 11.1. The molecule has 0 aliphatic carbocycles. The minimum absolute atomic E-state index is 0.0234. The van der Waals surface area contributed by atoms with Gasteiger partial charge < -0.3 is 14.2 Å². The van der Waals surface area contributed by atoms with Gasteiger partial charge in [0.15, 0.2) is 5.78 Å². The molecule has 0 aliphatic rings. The summed E-state index contributed by atoms with van der Waals surface area (Å²) < 4.78 is 15.7. The van der Waals surface area contributed by atoms with Crippen molar-refractivity contribution < 1.29 is 23.8 Å². The molecule has 0 amide bonds. The van der Waals surface area contributed by atoms with E-state index in [1.165, 1.54) is 14.0 Å². The highest BCUT2D eigenvalue weighted by molar-refractivity contribution is 5.94. The van der Waals surface area contributed by atoms with Crippen LogP contribution in [0.15, 0.2) is 48.5 Å². The fourth-order valence-corrected chi connectivity index (χ4v) is 1.91. The number of carbonyl (C=O) groups is 2. The third-order valence-corrected chi connectivity index (χ3v) is 3.16. The van der Waals surface area contributed by atoms with Crippen LogP contribution in [0, 0.1) is 0 Å². The summed E-state index contributed by atoms with van der Waals surface area (Å²) in [6.45, 7) is 2.26. The van der Waals surface area contributed by atoms with Crippen molar-refractivity contribution in [2.24, 2.45) is 0 Å². The average Bonchev–Trinajstić information content (AvgIpc) is 2.59. The molecular formula is C18H18O5. The lowest BCUT2D eigenvalue weighted by molar-refractivity contribution is 0.0600. The molecule has 120 valence electrons. The highest BCUT2D eigenvalue weighted by Gasteiger charge is 2.04. The van der Waals surface area contributed by atoms with Gasteiger partial charge in [-0.3, -0.25) is 4.79 Å². The SMILES string of the molecule is COC(=O)c1ccc(OCCOc2ccc(C(C)=O)cc2)cc1. The second kappa shape index (κ2) is 7.98. The third-order valence-electron chi connectivity index (χ3n) is 3.16. The summed E-state index contributed by atoms with van der Waals surface area (Å²) in [5, 5.41) is 0. The lowest BCUT2D eigenvalue weighted by Gasteiger charge is -2.09. The monoisotopic (exact) mass is 314 g/mol. The van der Waals surface area contributed by atoms with Gasteiger partial charge in [0.1, 0.15) is 24.7 Å². The van der Waals surface area contributed by atoms with Crippen LogP contribution >= 0.6 is 0 Å². The van der Waals surface area contributed by atoms with Crippen molar-refractivity contribution in [3.8, 4) is 11.5 Å². The summed E-state index contributed by atoms with van der Waals surface area (Å²) in [5.74, 6) is 0.969. The van der Waals surface area contributed by atoms with Crippen molar-refractivity contribution in [2.45, 2.75) is 6.92 Å². The summed E-state index contributed by atoms with van der Waals surface area (Å²) in [6, 6.07) is 13.6. The van der Waals surface area contributed by atoms with Crippen molar-refractivity contribution in [1.29, 1.82) is 0 Å². The highest BCUT2D eigenvalue weighted by Crippen LogP contribution is 2.14. The van der Waals surface area contributed by atoms with Gasteiger partial charge in [-0.25, -0.2) is 4.79 Å². The number of hydrogen-bond acceptors (Lipinski definition) is 5. The van der Waals surface area contributed by atoms with E-state index in [4.69, 9.17) is 9.47 Å². The van der Waals surface area contributed by atoms with Gasteiger partial charge in [0.05, 0.1) is 12.7 Å². The highest BCUT2D eigenvalue weighted by atomic mass is 16.5. The Morgan fingerprint density at radius 3 is 1.61 bits per heavy atom. The maximum Gasteiger partial charge on any atom is 0.337 e. The van der Waals surface area contributed by atoms with Gasteiger partial charge in [0.2, 0.25) is 0 Å². The fraction of sp³-hybridized carbons (Fsp3) is 0.222. The first kappa shape index (κ1) is 16.5. The van der Waals surface area contributed by atoms with Gasteiger partial charge in [-0.05, 0) is 55.5 Å². The third kappa shape index (κ3) is 4.85. The van der Waals surface area contributed by atoms with Crippen molar-refractivity contribution in [2.75, 3.05) is 20.3 Å². The number of carbonyl (C=O) groups excluding carboxylic acids is 2. The Hall–Kier alpha value is -2.82. The Bertz CT molecular complexity index is 659. The molecular weight excluding hydrogens is 296 g/mol. The molecule has 0 unspecified atom stereocenters. The van der Waals surface area contributed by atoms with E-state index in [2.05, 4.69) is 4.74 Å². The van der Waals surface area contributed by atoms with Crippen LogP contribution < -0.4 is 9.47 Å². The van der Waals surface area contributed by atoms with E-state index in [0.717, 1.165) is 0 Å². The molecule has 0 N–H and O–H groups in total. The second-order valence-electron chi connectivity index (χ2n) is 4.79. The lowest BCUT2D eigenvalue weighted by atomic mass is 10.1. The standard InChI is InChI=1S/C18H18O5/c1-13(19)14-3-7-16(8-4-14)22-11-12-23-17-9-5-15(6-10-17)18(20)21-2/h3-10H,11-12H2,1-2H3. The molecule has 23 heavy (non-hydrogen) atoms. The molecule has 0 atom stereocenters. The van der Waals surface area contributed by atoms with Crippen LogP contribution in [-0.4, -0.2) is 32.1 Å². The number of ketones is 1. The Balaban J connectivity index is 1.76. The molecule has 0 aromatic heterocycles. The van der Waals surface area contributed by atoms with E-state index in [1.807, 2.05) is 0 Å². The average molecular weight is 314 g/mol. The maximum atomic E-state index is 11.3. The molecule has 2 rings (SSSR count). The Kier molecular flexibility index (Phi) is 5.74. The van der Waals surface area contributed by atoms with E-state index >= 15 is 0 Å². The summed E-state index contributed by atoms with van der Waals surface area (Å²) in [4.78, 5) is 22.5. The molecule has 2 aromatic rings. The predicted molar refractivity (Wildman–Crippen MR) is 85.2 cm³/mol. The molecule has 0 saturated heterocycles. The largest absolute Gasteiger partial charge is 0.490 e. The predicted octanol–water partition coefficient (Wildman–Crippen LogP) is 3.13. The maximum absolute atomic E-state index is 11.3. The minimum atomic E-state index is -0.381. The summed E-state index contributed by atoms with van der Waals surface area (Å²) in [7, 11) is 1.34. The van der Waals surface area contributed by atoms with E-state index < -0.39 is 0 Å². The first-order valence-corrected chi connectivity index (χ1v) is 7.15. The van der Waals surface area contributed by atoms with E-state index in [1.54, 1.807) is 48.5 Å². The van der Waals surface area contributed by atoms with Gasteiger partial charge in [0.25, 0.3) is 0 Å². The molecule has 5 heteroatoms. The van der Waals surface area contributed by atoms with E-state index in [-0.39, 0.29) is 11.8 Å². The van der Waals surface area contributed by atoms with Gasteiger partial charge in [-0.1, -0.05) is 0 Å². The smallest absolute Gasteiger partial charge is 0.337 e. The molecule has 0 radical (unpaired) electrons. The summed E-state index contributed by atoms with van der Waals surface area (Å²) >= 11 is 0. The first-order valence-electron chi connectivity index (χ1n) is 7.15. The van der Waals surface area contributed by atoms with Gasteiger partial charge in [0, 0.05) is 5.56 Å². The summed E-state index contributed by atoms with van der Waals surface area (Å²) in [5.41, 5.74) is 1.13. The molecule has 0 heterocycles. The Morgan fingerprint density at radius 2 is 1.22 bits per heavy atom. The van der Waals surface area contributed by atoms with Crippen LogP contribution in [0.25, 0.3) is 0 Å². The van der Waals surface area contributed by atoms with Crippen LogP contribution in [0.3, 0.4) is 0 Å². The molecule has 0 fully saturated rings. The topological polar surface area (TPSA) is 61.8 Å². The van der Waals surface area contributed by atoms with Crippen LogP contribution in [0.5, 0.6) is 11.5 Å². The van der Waals surface area contributed by atoms with Crippen LogP contribution in [0.4, 0.5) is 0 Å². The Morgan fingerprint density at radius 1 is 0.783 bits per heavy atom. The number of rotatable bonds is 7. The second-order valence-corrected chi connectivity index (χ2v) is 4.79. The molecule has 5 nitrogen and oxygen atoms in total. The van der Waals surface area contributed by atoms with Crippen molar-refractivity contribution in [3.05, 3.63) is 59.7 Å². The van der Waals surface area contributed by atoms with Gasteiger partial charge >= 0.3 is 5.97 Å². The Labute approximate surface area is 134 Å². The fourth-order valence-electron chi connectivity index (χ4n) is 1.91. The molecule has 0 aliphatic heterocycles. The molecule has 0 saturated carbocycles. The zero-order valence-corrected chi connectivity index (χ0v) is 13.1. The number of benzene rings is 2. The quantitative estimate of drug-likeness (QED) is 0.446. The molecule has 2 aromatic carbocycles. The zero-order valence-electron chi connectivity index (χ0n) is 13.1. The number of ether oxygens (including phenoxy) is 3. The summed E-state index contributed by atoms with van der Waals surface area (Å²) in [6.07, 6.45) is 0. The van der Waals surface area contributed by atoms with Crippen molar-refractivity contribution >= 4 is 11.8 Å². The lowest BCUT2D eigenvalue weighted by Crippen LogP contribution is -2.09. The number of esters is 1. The molecule has 0 bridgehead atoms. The number of methoxy groups -OCH3 is 1. The minimum Gasteiger partial charge on any atom is -0.490 e. The van der Waals surface area contributed by atoms with E-state index in [9.17, 15) is 9.59 Å². The van der Waals surface area contributed by atoms with Crippen molar-refractivity contribution in [1.82, 2.24) is 0 Å². The number of hydrogen-bond donors (Lipinski definition) is 0. The van der Waals surface area contributed by atoms with Crippen LogP contribution in [0.1, 0.15) is 27.6 Å². The van der Waals surface area contributed by atoms with Crippen molar-refractivity contribution in [3.63, 3.8) is 0 Å². The number of Topliss-reactive ketones (excluding diaryl/α,β-unsaturated/α-hetero) is 1. The van der Waals surface area contributed by atoms with Gasteiger partial charge in [-0.2, -0.15) is 0 Å². The molecule has 0 spiro atoms. The van der Waals surface area contributed by atoms with Crippen LogP contribution in [-0.2, 0) is 4.74 Å². The van der Waals surface area contributed by atoms with Crippen LogP contribution in [0.2, 0.25) is 0 Å². The normalized spacial score (nSPS) is 10.0. The van der Waals surface area contributed by atoms with Gasteiger partial charge in [-0.15, -0.1) is 0 Å². The zero-order chi connectivity index (χ0) is 16.7.